The molecule has 0 amide bonds. The van der Waals surface area contributed by atoms with Gasteiger partial charge in [-0.25, -0.2) is 0 Å². The Morgan fingerprint density at radius 1 is 1.31 bits per heavy atom. The molecule has 1 aromatic rings. The highest BCUT2D eigenvalue weighted by atomic mass is 32.3. The molecule has 4 heteroatoms. The Kier molecular flexibility index (Phi) is 3.34. The second-order valence-corrected chi connectivity index (χ2v) is 3.98. The van der Waals surface area contributed by atoms with Crippen molar-refractivity contribution in [2.75, 3.05) is 6.61 Å². The van der Waals surface area contributed by atoms with Crippen LogP contribution in [0.3, 0.4) is 0 Å². The van der Waals surface area contributed by atoms with Crippen molar-refractivity contribution in [3.05, 3.63) is 30.3 Å². The van der Waals surface area contributed by atoms with E-state index in [1.54, 1.807) is 30.3 Å². The highest BCUT2D eigenvalue weighted by Crippen LogP contribution is 2.48. The molecule has 0 saturated heterocycles. The molecule has 0 aromatic heterocycles. The van der Waals surface area contributed by atoms with Crippen molar-refractivity contribution >= 4 is 10.9 Å². The van der Waals surface area contributed by atoms with E-state index in [4.69, 9.17) is 10.6 Å². The van der Waals surface area contributed by atoms with Gasteiger partial charge in [0.25, 0.3) is 0 Å². The van der Waals surface area contributed by atoms with Gasteiger partial charge in [-0.15, -0.1) is 6.42 Å². The third-order valence-corrected chi connectivity index (χ3v) is 2.69. The molecule has 0 heterocycles. The minimum atomic E-state index is -3.16. The zero-order valence-electron chi connectivity index (χ0n) is 6.88. The van der Waals surface area contributed by atoms with Crippen LogP contribution in [-0.4, -0.2) is 15.7 Å². The fourth-order valence-electron chi connectivity index (χ4n) is 0.782. The number of benzene rings is 1. The summed E-state index contributed by atoms with van der Waals surface area (Å²) in [7, 11) is -3.16. The zero-order valence-corrected chi connectivity index (χ0v) is 7.70. The Balaban J connectivity index is 2.76. The first kappa shape index (κ1) is 10.1. The highest BCUT2D eigenvalue weighted by molar-refractivity contribution is 8.20. The molecule has 0 spiro atoms. The molecule has 0 aliphatic rings. The quantitative estimate of drug-likeness (QED) is 0.733. The summed E-state index contributed by atoms with van der Waals surface area (Å²) in [5.74, 6) is 2.17. The SMILES string of the molecule is C#CCOS(O)(O)c1ccccc1. The Hall–Kier alpha value is -0.990. The molecule has 2 N–H and O–H groups in total. The van der Waals surface area contributed by atoms with Gasteiger partial charge in [0.1, 0.15) is 17.5 Å². The molecule has 1 rings (SSSR count). The molecule has 0 aliphatic heterocycles. The van der Waals surface area contributed by atoms with E-state index >= 15 is 0 Å². The average Bonchev–Trinajstić information content (AvgIpc) is 2.16. The van der Waals surface area contributed by atoms with Crippen molar-refractivity contribution in [1.82, 2.24) is 0 Å². The largest absolute Gasteiger partial charge is 0.304 e. The molecule has 0 atom stereocenters. The van der Waals surface area contributed by atoms with Crippen molar-refractivity contribution in [2.45, 2.75) is 4.90 Å². The Labute approximate surface area is 78.9 Å². The summed E-state index contributed by atoms with van der Waals surface area (Å²) in [6.07, 6.45) is 4.93. The molecule has 3 nitrogen and oxygen atoms in total. The van der Waals surface area contributed by atoms with E-state index in [9.17, 15) is 9.11 Å². The molecular formula is C9H10O3S. The first-order valence-electron chi connectivity index (χ1n) is 3.58. The van der Waals surface area contributed by atoms with Crippen LogP contribution in [0.2, 0.25) is 0 Å². The van der Waals surface area contributed by atoms with Gasteiger partial charge in [-0.1, -0.05) is 24.1 Å². The smallest absolute Gasteiger partial charge is 0.125 e. The van der Waals surface area contributed by atoms with Crippen molar-refractivity contribution in [3.8, 4) is 12.3 Å². The summed E-state index contributed by atoms with van der Waals surface area (Å²) < 4.78 is 23.6. The van der Waals surface area contributed by atoms with E-state index in [1.165, 1.54) is 0 Å². The van der Waals surface area contributed by atoms with Crippen LogP contribution in [0.1, 0.15) is 0 Å². The van der Waals surface area contributed by atoms with Crippen LogP contribution in [0.25, 0.3) is 0 Å². The first-order chi connectivity index (χ1) is 6.17. The van der Waals surface area contributed by atoms with Gasteiger partial charge in [-0.3, -0.25) is 4.18 Å². The topological polar surface area (TPSA) is 49.7 Å². The van der Waals surface area contributed by atoms with Crippen LogP contribution in [0.4, 0.5) is 0 Å². The lowest BCUT2D eigenvalue weighted by Crippen LogP contribution is -2.03. The second-order valence-electron chi connectivity index (χ2n) is 2.28. The summed E-state index contributed by atoms with van der Waals surface area (Å²) in [5, 5.41) is 0. The molecule has 13 heavy (non-hydrogen) atoms. The van der Waals surface area contributed by atoms with Gasteiger partial charge < -0.3 is 9.11 Å². The van der Waals surface area contributed by atoms with Gasteiger partial charge in [0.15, 0.2) is 0 Å². The van der Waals surface area contributed by atoms with Crippen LogP contribution in [0.15, 0.2) is 35.2 Å². The van der Waals surface area contributed by atoms with Crippen LogP contribution < -0.4 is 0 Å². The average molecular weight is 198 g/mol. The second kappa shape index (κ2) is 4.30. The Morgan fingerprint density at radius 2 is 1.92 bits per heavy atom. The van der Waals surface area contributed by atoms with Gasteiger partial charge >= 0.3 is 0 Å². The van der Waals surface area contributed by atoms with E-state index in [0.29, 0.717) is 4.90 Å². The summed E-state index contributed by atoms with van der Waals surface area (Å²) in [5.41, 5.74) is 0. The molecular weight excluding hydrogens is 188 g/mol. The van der Waals surface area contributed by atoms with Crippen molar-refractivity contribution in [1.29, 1.82) is 0 Å². The predicted octanol–water partition coefficient (Wildman–Crippen LogP) is 2.36. The van der Waals surface area contributed by atoms with Crippen LogP contribution in [0.5, 0.6) is 0 Å². The lowest BCUT2D eigenvalue weighted by Gasteiger charge is -2.25. The van der Waals surface area contributed by atoms with Crippen molar-refractivity contribution < 1.29 is 13.3 Å². The third kappa shape index (κ3) is 2.76. The Morgan fingerprint density at radius 3 is 2.46 bits per heavy atom. The summed E-state index contributed by atoms with van der Waals surface area (Å²) in [6, 6.07) is 8.32. The van der Waals surface area contributed by atoms with E-state index in [1.807, 2.05) is 0 Å². The lowest BCUT2D eigenvalue weighted by atomic mass is 10.4. The number of hydrogen-bond donors (Lipinski definition) is 2. The van der Waals surface area contributed by atoms with Crippen molar-refractivity contribution in [2.24, 2.45) is 0 Å². The van der Waals surface area contributed by atoms with Gasteiger partial charge in [-0.05, 0) is 12.1 Å². The van der Waals surface area contributed by atoms with E-state index < -0.39 is 10.9 Å². The maximum atomic E-state index is 9.44. The standard InChI is InChI=1S/C9H10O3S/c1-2-8-12-13(10,11)9-6-4-3-5-7-9/h1,3-7,10-11H,8H2. The molecule has 0 aliphatic carbocycles. The molecule has 0 saturated carbocycles. The molecule has 70 valence electrons. The first-order valence-corrected chi connectivity index (χ1v) is 5.05. The molecule has 0 bridgehead atoms. The maximum Gasteiger partial charge on any atom is 0.125 e. The van der Waals surface area contributed by atoms with Crippen LogP contribution in [0, 0.1) is 12.3 Å². The highest BCUT2D eigenvalue weighted by Gasteiger charge is 2.19. The fourth-order valence-corrected chi connectivity index (χ4v) is 1.66. The molecule has 0 fully saturated rings. The monoisotopic (exact) mass is 198 g/mol. The summed E-state index contributed by atoms with van der Waals surface area (Å²) >= 11 is 0. The number of hydrogen-bond acceptors (Lipinski definition) is 3. The minimum absolute atomic E-state index is 0.114. The van der Waals surface area contributed by atoms with E-state index in [0.717, 1.165) is 0 Å². The number of rotatable bonds is 3. The van der Waals surface area contributed by atoms with Gasteiger partial charge in [0, 0.05) is 0 Å². The van der Waals surface area contributed by atoms with Gasteiger partial charge in [0.2, 0.25) is 0 Å². The van der Waals surface area contributed by atoms with Gasteiger partial charge in [0.05, 0.1) is 4.90 Å². The molecule has 1 aromatic carbocycles. The summed E-state index contributed by atoms with van der Waals surface area (Å²) in [6.45, 7) is -0.114. The van der Waals surface area contributed by atoms with Crippen LogP contribution in [-0.2, 0) is 4.18 Å². The normalized spacial score (nSPS) is 12.1. The zero-order chi connectivity index (χ0) is 9.73. The number of terminal acetylenes is 1. The van der Waals surface area contributed by atoms with Crippen molar-refractivity contribution in [3.63, 3.8) is 0 Å². The third-order valence-electron chi connectivity index (χ3n) is 1.36. The van der Waals surface area contributed by atoms with E-state index in [2.05, 4.69) is 5.92 Å². The minimum Gasteiger partial charge on any atom is -0.304 e. The fraction of sp³-hybridized carbons (Fsp3) is 0.111. The van der Waals surface area contributed by atoms with Gasteiger partial charge in [-0.2, -0.15) is 0 Å². The molecule has 0 radical (unpaired) electrons. The van der Waals surface area contributed by atoms with Crippen LogP contribution >= 0.6 is 10.9 Å². The van der Waals surface area contributed by atoms with E-state index in [-0.39, 0.29) is 6.61 Å². The Bertz CT molecular complexity index is 302. The maximum absolute atomic E-state index is 9.44. The molecule has 0 unspecified atom stereocenters. The predicted molar refractivity (Wildman–Crippen MR) is 52.3 cm³/mol. The summed E-state index contributed by atoms with van der Waals surface area (Å²) in [4.78, 5) is 0.338. The lowest BCUT2D eigenvalue weighted by molar-refractivity contribution is 0.294.